The summed E-state index contributed by atoms with van der Waals surface area (Å²) < 4.78 is 27.4. The van der Waals surface area contributed by atoms with Crippen LogP contribution >= 0.6 is 11.8 Å². The molecule has 0 aromatic heterocycles. The van der Waals surface area contributed by atoms with E-state index in [1.807, 2.05) is 13.2 Å². The Balaban J connectivity index is 2.98. The summed E-state index contributed by atoms with van der Waals surface area (Å²) in [6.07, 6.45) is 2.01. The predicted molar refractivity (Wildman–Crippen MR) is 83.1 cm³/mol. The first-order chi connectivity index (χ1) is 8.79. The molecule has 3 N–H and O–H groups in total. The zero-order valence-corrected chi connectivity index (χ0v) is 13.5. The van der Waals surface area contributed by atoms with E-state index in [0.717, 1.165) is 11.3 Å². The van der Waals surface area contributed by atoms with Gasteiger partial charge in [-0.25, -0.2) is 13.1 Å². The summed E-state index contributed by atoms with van der Waals surface area (Å²) >= 11 is 1.71. The highest BCUT2D eigenvalue weighted by molar-refractivity contribution is 7.98. The van der Waals surface area contributed by atoms with Crippen molar-refractivity contribution in [3.05, 3.63) is 23.3 Å². The lowest BCUT2D eigenvalue weighted by Crippen LogP contribution is -2.30. The number of anilines is 1. The van der Waals surface area contributed by atoms with Gasteiger partial charge in [0.25, 0.3) is 0 Å². The summed E-state index contributed by atoms with van der Waals surface area (Å²) in [4.78, 5) is 0.309. The molecule has 0 aliphatic rings. The number of nitrogens with two attached hydrogens (primary N) is 1. The van der Waals surface area contributed by atoms with Crippen molar-refractivity contribution in [2.75, 3.05) is 24.3 Å². The third kappa shape index (κ3) is 4.12. The highest BCUT2D eigenvalue weighted by atomic mass is 32.2. The maximum atomic E-state index is 12.4. The fraction of sp³-hybridized carbons (Fsp3) is 0.538. The lowest BCUT2D eigenvalue weighted by molar-refractivity contribution is 0.561. The molecular weight excluding hydrogens is 280 g/mol. The molecule has 0 saturated carbocycles. The maximum Gasteiger partial charge on any atom is 0.241 e. The van der Waals surface area contributed by atoms with Crippen LogP contribution in [0.1, 0.15) is 18.1 Å². The van der Waals surface area contributed by atoms with Crippen molar-refractivity contribution in [2.24, 2.45) is 5.92 Å². The summed E-state index contributed by atoms with van der Waals surface area (Å²) in [5.74, 6) is 1.23. The first-order valence-corrected chi connectivity index (χ1v) is 9.01. The summed E-state index contributed by atoms with van der Waals surface area (Å²) in [7, 11) is -3.50. The van der Waals surface area contributed by atoms with Crippen LogP contribution in [-0.4, -0.2) is 27.0 Å². The molecule has 4 nitrogen and oxygen atoms in total. The Morgan fingerprint density at radius 1 is 1.37 bits per heavy atom. The Kier molecular flexibility index (Phi) is 5.70. The number of benzene rings is 1. The van der Waals surface area contributed by atoms with Crippen LogP contribution in [0.25, 0.3) is 0 Å². The van der Waals surface area contributed by atoms with E-state index in [1.165, 1.54) is 0 Å². The van der Waals surface area contributed by atoms with Crippen LogP contribution in [-0.2, 0) is 10.0 Å². The highest BCUT2D eigenvalue weighted by Gasteiger charge is 2.21. The molecule has 0 fully saturated rings. The molecule has 1 aromatic rings. The van der Waals surface area contributed by atoms with Gasteiger partial charge in [0.1, 0.15) is 0 Å². The van der Waals surface area contributed by atoms with Crippen molar-refractivity contribution >= 4 is 27.5 Å². The fourth-order valence-electron chi connectivity index (χ4n) is 1.92. The van der Waals surface area contributed by atoms with E-state index < -0.39 is 10.0 Å². The average molecular weight is 302 g/mol. The van der Waals surface area contributed by atoms with Crippen LogP contribution < -0.4 is 10.5 Å². The van der Waals surface area contributed by atoms with Crippen LogP contribution in [0.2, 0.25) is 0 Å². The molecule has 1 rings (SSSR count). The van der Waals surface area contributed by atoms with Crippen LogP contribution in [0.15, 0.2) is 17.0 Å². The van der Waals surface area contributed by atoms with Gasteiger partial charge < -0.3 is 5.73 Å². The minimum absolute atomic E-state index is 0.298. The Labute approximate surface area is 120 Å². The lowest BCUT2D eigenvalue weighted by atomic mass is 10.1. The van der Waals surface area contributed by atoms with Gasteiger partial charge in [-0.05, 0) is 49.0 Å². The van der Waals surface area contributed by atoms with Crippen molar-refractivity contribution in [1.29, 1.82) is 0 Å². The Hall–Kier alpha value is -0.720. The first-order valence-electron chi connectivity index (χ1n) is 6.14. The number of thioether (sulfide) groups is 1. The minimum Gasteiger partial charge on any atom is -0.398 e. The molecule has 1 atom stereocenters. The summed E-state index contributed by atoms with van der Waals surface area (Å²) in [5.41, 5.74) is 7.63. The molecule has 0 spiro atoms. The van der Waals surface area contributed by atoms with Crippen molar-refractivity contribution in [3.63, 3.8) is 0 Å². The second kappa shape index (κ2) is 6.63. The number of aryl methyl sites for hydroxylation is 1. The quantitative estimate of drug-likeness (QED) is 0.790. The largest absolute Gasteiger partial charge is 0.398 e. The number of sulfonamides is 1. The van der Waals surface area contributed by atoms with Gasteiger partial charge in [-0.3, -0.25) is 0 Å². The molecule has 108 valence electrons. The van der Waals surface area contributed by atoms with Gasteiger partial charge in [0.15, 0.2) is 0 Å². The van der Waals surface area contributed by atoms with E-state index in [0.29, 0.717) is 28.6 Å². The fourth-order valence-corrected chi connectivity index (χ4v) is 4.27. The molecule has 1 unspecified atom stereocenters. The molecule has 0 bridgehead atoms. The number of nitrogens with one attached hydrogen (secondary N) is 1. The van der Waals surface area contributed by atoms with E-state index >= 15 is 0 Å². The van der Waals surface area contributed by atoms with Gasteiger partial charge in [-0.1, -0.05) is 13.0 Å². The third-order valence-electron chi connectivity index (χ3n) is 2.99. The van der Waals surface area contributed by atoms with Crippen LogP contribution in [0.4, 0.5) is 5.69 Å². The molecule has 0 saturated heterocycles. The number of rotatable bonds is 6. The standard InChI is InChI=1S/C13H22N2O2S2/c1-9(8-18-4)7-15-19(16,17)13-10(2)5-6-12(14)11(13)3/h5-6,9,15H,7-8,14H2,1-4H3. The van der Waals surface area contributed by atoms with Crippen molar-refractivity contribution < 1.29 is 8.42 Å². The molecular formula is C13H22N2O2S2. The lowest BCUT2D eigenvalue weighted by Gasteiger charge is -2.15. The number of hydrogen-bond donors (Lipinski definition) is 2. The first kappa shape index (κ1) is 16.3. The Bertz CT molecular complexity index is 542. The molecule has 6 heteroatoms. The molecule has 0 aliphatic carbocycles. The smallest absolute Gasteiger partial charge is 0.241 e. The second-order valence-electron chi connectivity index (χ2n) is 4.84. The molecule has 1 aromatic carbocycles. The molecule has 0 radical (unpaired) electrons. The van der Waals surface area contributed by atoms with E-state index in [1.54, 1.807) is 37.7 Å². The monoisotopic (exact) mass is 302 g/mol. The van der Waals surface area contributed by atoms with Gasteiger partial charge in [0.2, 0.25) is 10.0 Å². The van der Waals surface area contributed by atoms with Crippen LogP contribution in [0.5, 0.6) is 0 Å². The zero-order chi connectivity index (χ0) is 14.6. The number of hydrogen-bond acceptors (Lipinski definition) is 4. The Morgan fingerprint density at radius 3 is 2.58 bits per heavy atom. The van der Waals surface area contributed by atoms with Crippen LogP contribution in [0.3, 0.4) is 0 Å². The van der Waals surface area contributed by atoms with E-state index in [-0.39, 0.29) is 0 Å². The zero-order valence-electron chi connectivity index (χ0n) is 11.9. The van der Waals surface area contributed by atoms with E-state index in [2.05, 4.69) is 4.72 Å². The predicted octanol–water partition coefficient (Wildman–Crippen LogP) is 2.16. The van der Waals surface area contributed by atoms with E-state index in [4.69, 9.17) is 5.73 Å². The third-order valence-corrected chi connectivity index (χ3v) is 5.60. The average Bonchev–Trinajstić information content (AvgIpc) is 2.32. The van der Waals surface area contributed by atoms with Crippen molar-refractivity contribution in [2.45, 2.75) is 25.7 Å². The van der Waals surface area contributed by atoms with Gasteiger partial charge in [-0.2, -0.15) is 11.8 Å². The van der Waals surface area contributed by atoms with E-state index in [9.17, 15) is 8.42 Å². The van der Waals surface area contributed by atoms with Crippen LogP contribution in [0, 0.1) is 19.8 Å². The molecule has 19 heavy (non-hydrogen) atoms. The van der Waals surface area contributed by atoms with Gasteiger partial charge >= 0.3 is 0 Å². The minimum atomic E-state index is -3.50. The van der Waals surface area contributed by atoms with Crippen molar-refractivity contribution in [3.8, 4) is 0 Å². The maximum absolute atomic E-state index is 12.4. The SMILES string of the molecule is CSCC(C)CNS(=O)(=O)c1c(C)ccc(N)c1C. The van der Waals surface area contributed by atoms with Crippen molar-refractivity contribution in [1.82, 2.24) is 4.72 Å². The molecule has 0 heterocycles. The Morgan fingerprint density at radius 2 is 2.00 bits per heavy atom. The summed E-state index contributed by atoms with van der Waals surface area (Å²) in [6, 6.07) is 3.47. The number of nitrogen functional groups attached to an aromatic ring is 1. The second-order valence-corrected chi connectivity index (χ2v) is 7.45. The van der Waals surface area contributed by atoms with Gasteiger partial charge in [-0.15, -0.1) is 0 Å². The molecule has 0 aliphatic heterocycles. The van der Waals surface area contributed by atoms with Gasteiger partial charge in [0, 0.05) is 12.2 Å². The highest BCUT2D eigenvalue weighted by Crippen LogP contribution is 2.24. The molecule has 0 amide bonds. The normalized spacial score (nSPS) is 13.5. The summed E-state index contributed by atoms with van der Waals surface area (Å²) in [5, 5.41) is 0. The summed E-state index contributed by atoms with van der Waals surface area (Å²) in [6.45, 7) is 5.99. The van der Waals surface area contributed by atoms with Gasteiger partial charge in [0.05, 0.1) is 4.90 Å². The topological polar surface area (TPSA) is 72.2 Å².